The molecule has 0 fully saturated rings. The molecule has 4 heteroatoms. The number of carboxylic acids is 1. The number of esters is 1. The number of unbranched alkanes of at least 4 members (excludes halogenated alkanes) is 1. The van der Waals surface area contributed by atoms with E-state index in [-0.39, 0.29) is 5.57 Å². The molecule has 1 rings (SSSR count). The summed E-state index contributed by atoms with van der Waals surface area (Å²) < 4.78 is 5.26. The number of hydrogen-bond donors (Lipinski definition) is 1. The Morgan fingerprint density at radius 2 is 1.91 bits per heavy atom. The number of carboxylic acid groups (broad SMARTS) is 1. The first-order valence-corrected chi connectivity index (χ1v) is 7.77. The molecular weight excluding hydrogens is 280 g/mol. The summed E-state index contributed by atoms with van der Waals surface area (Å²) in [6, 6.07) is 8.69. The van der Waals surface area contributed by atoms with Crippen molar-refractivity contribution in [1.29, 1.82) is 0 Å². The van der Waals surface area contributed by atoms with Crippen molar-refractivity contribution in [3.8, 4) is 5.75 Å². The van der Waals surface area contributed by atoms with Crippen molar-refractivity contribution in [3.05, 3.63) is 42.0 Å². The van der Waals surface area contributed by atoms with Gasteiger partial charge in [-0.3, -0.25) is 0 Å². The lowest BCUT2D eigenvalue weighted by Crippen LogP contribution is -2.16. The van der Waals surface area contributed by atoms with Gasteiger partial charge in [-0.1, -0.05) is 57.7 Å². The van der Waals surface area contributed by atoms with E-state index in [1.54, 1.807) is 24.3 Å². The van der Waals surface area contributed by atoms with Crippen molar-refractivity contribution in [2.24, 2.45) is 5.92 Å². The Morgan fingerprint density at radius 1 is 1.23 bits per heavy atom. The summed E-state index contributed by atoms with van der Waals surface area (Å²) in [5.41, 5.74) is 0.222. The van der Waals surface area contributed by atoms with E-state index in [9.17, 15) is 9.59 Å². The smallest absolute Gasteiger partial charge is 0.339 e. The third-order valence-electron chi connectivity index (χ3n) is 3.57. The van der Waals surface area contributed by atoms with Crippen LogP contribution in [0.5, 0.6) is 5.75 Å². The Labute approximate surface area is 131 Å². The molecule has 1 atom stereocenters. The molecule has 0 aliphatic carbocycles. The zero-order chi connectivity index (χ0) is 16.4. The van der Waals surface area contributed by atoms with Gasteiger partial charge in [0.2, 0.25) is 0 Å². The molecule has 0 bridgehead atoms. The van der Waals surface area contributed by atoms with E-state index in [0.29, 0.717) is 18.1 Å². The average molecular weight is 304 g/mol. The minimum absolute atomic E-state index is 0.222. The van der Waals surface area contributed by atoms with Crippen LogP contribution in [-0.2, 0) is 9.59 Å². The van der Waals surface area contributed by atoms with Crippen molar-refractivity contribution < 1.29 is 19.4 Å². The summed E-state index contributed by atoms with van der Waals surface area (Å²) >= 11 is 0. The van der Waals surface area contributed by atoms with Gasteiger partial charge in [0, 0.05) is 11.6 Å². The first-order chi connectivity index (χ1) is 10.6. The average Bonchev–Trinajstić information content (AvgIpc) is 2.50. The van der Waals surface area contributed by atoms with Gasteiger partial charge in [0.1, 0.15) is 5.75 Å². The van der Waals surface area contributed by atoms with Crippen LogP contribution in [0, 0.1) is 5.92 Å². The molecule has 4 nitrogen and oxygen atoms in total. The molecule has 0 aromatic heterocycles. The lowest BCUT2D eigenvalue weighted by atomic mass is 9.91. The molecule has 0 heterocycles. The van der Waals surface area contributed by atoms with Crippen molar-refractivity contribution >= 4 is 11.9 Å². The third-order valence-corrected chi connectivity index (χ3v) is 3.57. The Balaban J connectivity index is 2.79. The van der Waals surface area contributed by atoms with Gasteiger partial charge in [-0.25, -0.2) is 9.59 Å². The maximum Gasteiger partial charge on any atom is 0.339 e. The van der Waals surface area contributed by atoms with Crippen LogP contribution in [0.15, 0.2) is 42.0 Å². The molecule has 0 saturated carbocycles. The number of benzene rings is 1. The van der Waals surface area contributed by atoms with Crippen LogP contribution in [-0.4, -0.2) is 17.0 Å². The number of ether oxygens (including phenoxy) is 1. The third kappa shape index (κ3) is 6.57. The number of hydrogen-bond acceptors (Lipinski definition) is 3. The number of carbonyl (C=O) groups excluding carboxylic acids is 1. The minimum Gasteiger partial charge on any atom is -0.478 e. The van der Waals surface area contributed by atoms with E-state index in [1.165, 1.54) is 0 Å². The van der Waals surface area contributed by atoms with Gasteiger partial charge < -0.3 is 9.84 Å². The minimum atomic E-state index is -1.12. The topological polar surface area (TPSA) is 63.6 Å². The van der Waals surface area contributed by atoms with Gasteiger partial charge in [-0.2, -0.15) is 0 Å². The second-order valence-electron chi connectivity index (χ2n) is 5.33. The van der Waals surface area contributed by atoms with Crippen LogP contribution in [0.1, 0.15) is 46.0 Å². The standard InChI is InChI=1S/C18H24O4/c1-3-5-9-14(4-2)12-15(13-17(19)20)18(21)22-16-10-7-6-8-11-16/h6-8,10-11,13-14H,3-5,9,12H2,1-2H3,(H,19,20)/b15-13-. The summed E-state index contributed by atoms with van der Waals surface area (Å²) in [7, 11) is 0. The lowest BCUT2D eigenvalue weighted by Gasteiger charge is -2.16. The number of aliphatic carboxylic acids is 1. The second-order valence-corrected chi connectivity index (χ2v) is 5.33. The van der Waals surface area contributed by atoms with Crippen LogP contribution >= 0.6 is 0 Å². The molecular formula is C18H24O4. The lowest BCUT2D eigenvalue weighted by molar-refractivity contribution is -0.134. The Kier molecular flexibility index (Phi) is 7.97. The van der Waals surface area contributed by atoms with E-state index in [2.05, 4.69) is 13.8 Å². The normalized spacial score (nSPS) is 12.7. The summed E-state index contributed by atoms with van der Waals surface area (Å²) in [6.07, 6.45) is 5.47. The van der Waals surface area contributed by atoms with Crippen LogP contribution in [0.4, 0.5) is 0 Å². The first-order valence-electron chi connectivity index (χ1n) is 7.77. The molecule has 0 radical (unpaired) electrons. The van der Waals surface area contributed by atoms with E-state index in [1.807, 2.05) is 6.07 Å². The van der Waals surface area contributed by atoms with Gasteiger partial charge in [-0.05, 0) is 24.5 Å². The first kappa shape index (κ1) is 18.0. The monoisotopic (exact) mass is 304 g/mol. The van der Waals surface area contributed by atoms with Crippen molar-refractivity contribution in [2.45, 2.75) is 46.0 Å². The van der Waals surface area contributed by atoms with Crippen LogP contribution < -0.4 is 4.74 Å². The predicted octanol–water partition coefficient (Wildman–Crippen LogP) is 4.21. The molecule has 1 N–H and O–H groups in total. The van der Waals surface area contributed by atoms with E-state index in [0.717, 1.165) is 31.8 Å². The number of rotatable bonds is 9. The van der Waals surface area contributed by atoms with Gasteiger partial charge in [0.25, 0.3) is 0 Å². The molecule has 120 valence electrons. The highest BCUT2D eigenvalue weighted by molar-refractivity contribution is 5.96. The van der Waals surface area contributed by atoms with Crippen LogP contribution in [0.3, 0.4) is 0 Å². The van der Waals surface area contributed by atoms with Gasteiger partial charge in [0.15, 0.2) is 0 Å². The molecule has 1 aromatic rings. The zero-order valence-electron chi connectivity index (χ0n) is 13.2. The molecule has 1 unspecified atom stereocenters. The molecule has 0 saturated heterocycles. The fourth-order valence-electron chi connectivity index (χ4n) is 2.27. The highest BCUT2D eigenvalue weighted by atomic mass is 16.5. The predicted molar refractivity (Wildman–Crippen MR) is 85.7 cm³/mol. The number of carbonyl (C=O) groups is 2. The fourth-order valence-corrected chi connectivity index (χ4v) is 2.27. The quantitative estimate of drug-likeness (QED) is 0.422. The molecule has 0 amide bonds. The SMILES string of the molecule is CCCCC(CC)C/C(=C/C(=O)O)C(=O)Oc1ccccc1. The molecule has 1 aromatic carbocycles. The summed E-state index contributed by atoms with van der Waals surface area (Å²) in [5, 5.41) is 8.98. The maximum atomic E-state index is 12.2. The maximum absolute atomic E-state index is 12.2. The largest absolute Gasteiger partial charge is 0.478 e. The summed E-state index contributed by atoms with van der Waals surface area (Å²) in [6.45, 7) is 4.17. The Bertz CT molecular complexity index is 505. The van der Waals surface area contributed by atoms with E-state index in [4.69, 9.17) is 9.84 Å². The second kappa shape index (κ2) is 9.77. The van der Waals surface area contributed by atoms with Crippen molar-refractivity contribution in [3.63, 3.8) is 0 Å². The van der Waals surface area contributed by atoms with Gasteiger partial charge in [0.05, 0.1) is 0 Å². The van der Waals surface area contributed by atoms with Crippen molar-refractivity contribution in [2.75, 3.05) is 0 Å². The fraction of sp³-hybridized carbons (Fsp3) is 0.444. The van der Waals surface area contributed by atoms with Crippen LogP contribution in [0.25, 0.3) is 0 Å². The summed E-state index contributed by atoms with van der Waals surface area (Å²) in [4.78, 5) is 23.2. The molecule has 0 spiro atoms. The van der Waals surface area contributed by atoms with E-state index >= 15 is 0 Å². The molecule has 22 heavy (non-hydrogen) atoms. The van der Waals surface area contributed by atoms with Gasteiger partial charge >= 0.3 is 11.9 Å². The van der Waals surface area contributed by atoms with Gasteiger partial charge in [-0.15, -0.1) is 0 Å². The zero-order valence-corrected chi connectivity index (χ0v) is 13.2. The van der Waals surface area contributed by atoms with E-state index < -0.39 is 11.9 Å². The Hall–Kier alpha value is -2.10. The molecule has 0 aliphatic rings. The molecule has 0 aliphatic heterocycles. The van der Waals surface area contributed by atoms with Crippen LogP contribution in [0.2, 0.25) is 0 Å². The highest BCUT2D eigenvalue weighted by Crippen LogP contribution is 2.23. The summed E-state index contributed by atoms with van der Waals surface area (Å²) in [5.74, 6) is -0.979. The van der Waals surface area contributed by atoms with Crippen molar-refractivity contribution in [1.82, 2.24) is 0 Å². The highest BCUT2D eigenvalue weighted by Gasteiger charge is 2.18. The number of para-hydroxylation sites is 1. The Morgan fingerprint density at radius 3 is 2.45 bits per heavy atom.